The van der Waals surface area contributed by atoms with Crippen molar-refractivity contribution in [2.75, 3.05) is 6.61 Å². The van der Waals surface area contributed by atoms with Gasteiger partial charge >= 0.3 is 6.03 Å². The second-order valence-electron chi connectivity index (χ2n) is 8.08. The number of piperidine rings is 1. The van der Waals surface area contributed by atoms with Crippen molar-refractivity contribution >= 4 is 12.3 Å². The fraction of sp³-hybridized carbons (Fsp3) is 0.875. The van der Waals surface area contributed by atoms with Gasteiger partial charge in [0.25, 0.3) is 0 Å². The topological polar surface area (TPSA) is 183 Å². The molecule has 1 aliphatic rings. The normalized spacial score (nSPS) is 25.8. The number of amides is 2. The minimum Gasteiger partial charge on any atom is -0.394 e. The van der Waals surface area contributed by atoms with Gasteiger partial charge in [-0.25, -0.2) is 4.79 Å². The summed E-state index contributed by atoms with van der Waals surface area (Å²) in [6.45, 7) is 5.72. The first kappa shape index (κ1) is 24.3. The summed E-state index contributed by atoms with van der Waals surface area (Å²) in [6.07, 6.45) is -4.85. The van der Waals surface area contributed by atoms with Gasteiger partial charge in [-0.2, -0.15) is 5.01 Å². The molecule has 1 heterocycles. The Kier molecular flexibility index (Phi) is 8.00. The standard InChI is InChI=1S/C16H29N4O8/c1-15(2)6-5-11(16(3,4)20(15)28)19(18-27)14(26)17-9(7-21)12(24)13(25)10(23)8-22/h7,9-13,22-25H,5-6,8H2,1-4H3,(H,17,26)/t9-,10+,11?,12+,13+/m0/s1. The number of aldehydes is 1. The van der Waals surface area contributed by atoms with E-state index in [1.54, 1.807) is 27.7 Å². The Labute approximate surface area is 162 Å². The van der Waals surface area contributed by atoms with Crippen molar-refractivity contribution in [1.82, 2.24) is 15.4 Å². The number of urea groups is 1. The fourth-order valence-corrected chi connectivity index (χ4v) is 3.47. The Bertz CT molecular complexity index is 573. The fourth-order valence-electron chi connectivity index (χ4n) is 3.47. The smallest absolute Gasteiger partial charge is 0.341 e. The van der Waals surface area contributed by atoms with Gasteiger partial charge in [-0.1, -0.05) is 0 Å². The highest BCUT2D eigenvalue weighted by molar-refractivity contribution is 5.78. The number of aliphatic hydroxyl groups is 4. The Morgan fingerprint density at radius 3 is 2.32 bits per heavy atom. The quantitative estimate of drug-likeness (QED) is 0.187. The van der Waals surface area contributed by atoms with E-state index in [0.29, 0.717) is 11.4 Å². The van der Waals surface area contributed by atoms with Crippen LogP contribution in [-0.2, 0) is 10.0 Å². The summed E-state index contributed by atoms with van der Waals surface area (Å²) in [5.74, 6) is 0. The average molecular weight is 405 g/mol. The van der Waals surface area contributed by atoms with Crippen molar-refractivity contribution in [3.63, 3.8) is 0 Å². The SMILES string of the molecule is CC1(C)CCC(N(N=O)C(=O)N[C@@H](C=O)[C@@H](O)[C@H](O)[C@H](O)CO)C(C)(C)N1[O]. The summed E-state index contributed by atoms with van der Waals surface area (Å²) in [5, 5.41) is 56.5. The van der Waals surface area contributed by atoms with Crippen molar-refractivity contribution in [2.24, 2.45) is 5.29 Å². The second-order valence-corrected chi connectivity index (χ2v) is 8.08. The molecule has 0 aromatic carbocycles. The van der Waals surface area contributed by atoms with Gasteiger partial charge in [0.1, 0.15) is 30.6 Å². The second kappa shape index (κ2) is 9.20. The van der Waals surface area contributed by atoms with Gasteiger partial charge in [-0.3, -0.25) is 0 Å². The molecule has 1 saturated heterocycles. The highest BCUT2D eigenvalue weighted by Gasteiger charge is 2.52. The first-order chi connectivity index (χ1) is 12.8. The zero-order valence-electron chi connectivity index (χ0n) is 16.3. The molecular weight excluding hydrogens is 376 g/mol. The maximum Gasteiger partial charge on any atom is 0.341 e. The van der Waals surface area contributed by atoms with E-state index >= 15 is 0 Å². The largest absolute Gasteiger partial charge is 0.394 e. The van der Waals surface area contributed by atoms with Gasteiger partial charge in [0.05, 0.1) is 23.5 Å². The minimum atomic E-state index is -1.95. The number of carbonyl (C=O) groups excluding carboxylic acids is 2. The van der Waals surface area contributed by atoms with Gasteiger partial charge < -0.3 is 30.5 Å². The molecule has 5 N–H and O–H groups in total. The summed E-state index contributed by atoms with van der Waals surface area (Å²) < 4.78 is 0. The molecule has 0 aromatic rings. The molecule has 0 saturated carbocycles. The Balaban J connectivity index is 2.99. The molecule has 28 heavy (non-hydrogen) atoms. The van der Waals surface area contributed by atoms with Gasteiger partial charge in [0.2, 0.25) is 0 Å². The number of hydroxylamine groups is 2. The van der Waals surface area contributed by atoms with Crippen LogP contribution in [0.3, 0.4) is 0 Å². The molecule has 1 aliphatic heterocycles. The van der Waals surface area contributed by atoms with E-state index in [9.17, 15) is 35.0 Å². The number of hydrogen-bond acceptors (Lipinski definition) is 9. The van der Waals surface area contributed by atoms with E-state index in [1.165, 1.54) is 0 Å². The molecule has 12 heteroatoms. The molecule has 0 bridgehead atoms. The van der Waals surface area contributed by atoms with Crippen molar-refractivity contribution in [3.8, 4) is 0 Å². The van der Waals surface area contributed by atoms with Crippen LogP contribution in [0.4, 0.5) is 4.79 Å². The maximum atomic E-state index is 12.6. The molecule has 1 unspecified atom stereocenters. The van der Waals surface area contributed by atoms with Crippen LogP contribution in [0.1, 0.15) is 40.5 Å². The van der Waals surface area contributed by atoms with Crippen LogP contribution in [0.2, 0.25) is 0 Å². The molecule has 5 atom stereocenters. The number of aliphatic hydroxyl groups excluding tert-OH is 4. The first-order valence-electron chi connectivity index (χ1n) is 8.86. The lowest BCUT2D eigenvalue weighted by atomic mass is 9.78. The van der Waals surface area contributed by atoms with Crippen LogP contribution < -0.4 is 5.32 Å². The molecule has 1 rings (SSSR count). The van der Waals surface area contributed by atoms with Gasteiger partial charge in [-0.15, -0.1) is 15.2 Å². The van der Waals surface area contributed by atoms with E-state index in [4.69, 9.17) is 5.11 Å². The molecule has 161 valence electrons. The van der Waals surface area contributed by atoms with Crippen molar-refractivity contribution in [3.05, 3.63) is 4.91 Å². The van der Waals surface area contributed by atoms with Crippen LogP contribution >= 0.6 is 0 Å². The van der Waals surface area contributed by atoms with E-state index in [0.717, 1.165) is 5.06 Å². The molecular formula is C16H29N4O8. The number of nitrogens with one attached hydrogen (secondary N) is 1. The van der Waals surface area contributed by atoms with E-state index in [1.807, 2.05) is 5.32 Å². The summed E-state index contributed by atoms with van der Waals surface area (Å²) in [5.41, 5.74) is -1.88. The Morgan fingerprint density at radius 2 is 1.86 bits per heavy atom. The van der Waals surface area contributed by atoms with Gasteiger partial charge in [0.15, 0.2) is 0 Å². The average Bonchev–Trinajstić information content (AvgIpc) is 2.65. The highest BCUT2D eigenvalue weighted by atomic mass is 16.5. The minimum absolute atomic E-state index is 0.105. The molecule has 1 radical (unpaired) electrons. The summed E-state index contributed by atoms with van der Waals surface area (Å²) >= 11 is 0. The monoisotopic (exact) mass is 405 g/mol. The third kappa shape index (κ3) is 4.82. The predicted molar refractivity (Wildman–Crippen MR) is 94.8 cm³/mol. The van der Waals surface area contributed by atoms with Crippen LogP contribution in [0.25, 0.3) is 0 Å². The molecule has 0 aliphatic carbocycles. The molecule has 1 fully saturated rings. The first-order valence-corrected chi connectivity index (χ1v) is 8.86. The van der Waals surface area contributed by atoms with E-state index in [-0.39, 0.29) is 12.7 Å². The number of carbonyl (C=O) groups is 2. The third-order valence-electron chi connectivity index (χ3n) is 5.25. The Hall–Kier alpha value is -1.70. The lowest BCUT2D eigenvalue weighted by Crippen LogP contribution is -2.67. The molecule has 12 nitrogen and oxygen atoms in total. The van der Waals surface area contributed by atoms with Gasteiger partial charge in [0, 0.05) is 5.54 Å². The van der Waals surface area contributed by atoms with Crippen molar-refractivity contribution in [2.45, 2.75) is 82.0 Å². The maximum absolute atomic E-state index is 12.6. The molecule has 0 spiro atoms. The lowest BCUT2D eigenvalue weighted by Gasteiger charge is -2.52. The number of hydrogen-bond donors (Lipinski definition) is 5. The van der Waals surface area contributed by atoms with E-state index in [2.05, 4.69) is 5.29 Å². The summed E-state index contributed by atoms with van der Waals surface area (Å²) in [7, 11) is 0. The van der Waals surface area contributed by atoms with Gasteiger partial charge in [-0.05, 0) is 40.5 Å². The van der Waals surface area contributed by atoms with Crippen molar-refractivity contribution in [1.29, 1.82) is 0 Å². The molecule has 2 amide bonds. The van der Waals surface area contributed by atoms with Crippen molar-refractivity contribution < 1.29 is 35.2 Å². The van der Waals surface area contributed by atoms with E-state index < -0.39 is 54.1 Å². The van der Waals surface area contributed by atoms with Crippen LogP contribution in [-0.4, -0.2) is 90.9 Å². The number of nitroso groups, excluding NO2 is 1. The zero-order valence-corrected chi connectivity index (χ0v) is 16.3. The highest BCUT2D eigenvalue weighted by Crippen LogP contribution is 2.39. The molecule has 0 aromatic heterocycles. The van der Waals surface area contributed by atoms with Crippen LogP contribution in [0.15, 0.2) is 5.29 Å². The van der Waals surface area contributed by atoms with Crippen LogP contribution in [0, 0.1) is 4.91 Å². The van der Waals surface area contributed by atoms with Crippen LogP contribution in [0.5, 0.6) is 0 Å². The summed E-state index contributed by atoms with van der Waals surface area (Å²) in [4.78, 5) is 35.1. The predicted octanol–water partition coefficient (Wildman–Crippen LogP) is -1.31. The third-order valence-corrected chi connectivity index (χ3v) is 5.25. The zero-order chi connectivity index (χ0) is 21.9. The Morgan fingerprint density at radius 1 is 1.29 bits per heavy atom. The number of rotatable bonds is 8. The lowest BCUT2D eigenvalue weighted by molar-refractivity contribution is -0.299. The summed E-state index contributed by atoms with van der Waals surface area (Å²) in [6, 6.07) is -3.75. The number of nitrogens with zero attached hydrogens (tertiary/aromatic N) is 3.